The Morgan fingerprint density at radius 3 is 1.52 bits per heavy atom. The van der Waals surface area contributed by atoms with Crippen LogP contribution in [0.5, 0.6) is 0 Å². The number of hydrogen-bond acceptors (Lipinski definition) is 1. The molecular formula is C18H24LiOSi. The van der Waals surface area contributed by atoms with E-state index in [-0.39, 0.29) is 23.9 Å². The predicted octanol–water partition coefficient (Wildman–Crippen LogP) is 2.75. The van der Waals surface area contributed by atoms with Crippen molar-refractivity contribution >= 4 is 37.6 Å². The van der Waals surface area contributed by atoms with Crippen LogP contribution >= 0.6 is 0 Å². The van der Waals surface area contributed by atoms with E-state index in [0.717, 1.165) is 0 Å². The van der Waals surface area contributed by atoms with Crippen molar-refractivity contribution in [3.05, 3.63) is 67.6 Å². The normalized spacial score (nSPS) is 11.8. The summed E-state index contributed by atoms with van der Waals surface area (Å²) in [5.41, 5.74) is 0. The summed E-state index contributed by atoms with van der Waals surface area (Å²) in [5.74, 6) is 0. The van der Waals surface area contributed by atoms with Gasteiger partial charge in [-0.15, -0.1) is 0 Å². The first kappa shape index (κ1) is 18.3. The van der Waals surface area contributed by atoms with Crippen LogP contribution < -0.4 is 10.4 Å². The second-order valence-corrected chi connectivity index (χ2v) is 10.3. The molecule has 3 heteroatoms. The summed E-state index contributed by atoms with van der Waals surface area (Å²) in [5, 5.41) is 2.66. The van der Waals surface area contributed by atoms with E-state index in [1.807, 2.05) is 0 Å². The summed E-state index contributed by atoms with van der Waals surface area (Å²) in [7, 11) is -2.31. The van der Waals surface area contributed by atoms with Crippen LogP contribution in [0.3, 0.4) is 0 Å². The van der Waals surface area contributed by atoms with Crippen LogP contribution in [-0.4, -0.2) is 33.8 Å². The third-order valence-electron chi connectivity index (χ3n) is 3.74. The van der Waals surface area contributed by atoms with E-state index >= 15 is 0 Å². The fraction of sp³-hybridized carbons (Fsp3) is 0.278. The van der Waals surface area contributed by atoms with Gasteiger partial charge >= 0.3 is 18.9 Å². The second-order valence-electron chi connectivity index (χ2n) is 6.01. The molecular weight excluding hydrogens is 267 g/mol. The van der Waals surface area contributed by atoms with Gasteiger partial charge in [-0.05, 0) is 22.3 Å². The monoisotopic (exact) mass is 291 g/mol. The van der Waals surface area contributed by atoms with Crippen LogP contribution in [0.25, 0.3) is 0 Å². The average Bonchev–Trinajstić information content (AvgIpc) is 2.45. The second kappa shape index (κ2) is 7.47. The van der Waals surface area contributed by atoms with Crippen molar-refractivity contribution in [3.8, 4) is 0 Å². The van der Waals surface area contributed by atoms with Crippen molar-refractivity contribution in [2.45, 2.75) is 25.8 Å². The van der Waals surface area contributed by atoms with Crippen LogP contribution in [0.1, 0.15) is 20.8 Å². The summed E-state index contributed by atoms with van der Waals surface area (Å²) in [6, 6.07) is 21.3. The molecule has 2 aromatic carbocycles. The zero-order valence-electron chi connectivity index (χ0n) is 12.6. The van der Waals surface area contributed by atoms with E-state index in [1.54, 1.807) is 0 Å². The molecule has 0 aliphatic rings. The zero-order chi connectivity index (χ0) is 14.6. The summed E-state index contributed by atoms with van der Waals surface area (Å²) in [6.45, 7) is 11.3. The van der Waals surface area contributed by atoms with Crippen molar-refractivity contribution < 1.29 is 4.43 Å². The molecule has 0 amide bonds. The zero-order valence-corrected chi connectivity index (χ0v) is 13.6. The fourth-order valence-electron chi connectivity index (χ4n) is 2.91. The number of benzene rings is 2. The Morgan fingerprint density at radius 1 is 0.857 bits per heavy atom. The first-order valence-electron chi connectivity index (χ1n) is 7.06. The Hall–Kier alpha value is -0.786. The van der Waals surface area contributed by atoms with Gasteiger partial charge in [0, 0.05) is 6.61 Å². The molecule has 0 aromatic heterocycles. The van der Waals surface area contributed by atoms with Crippen LogP contribution in [0.2, 0.25) is 5.04 Å². The van der Waals surface area contributed by atoms with Gasteiger partial charge in [-0.2, -0.15) is 0 Å². The van der Waals surface area contributed by atoms with Gasteiger partial charge in [-0.3, -0.25) is 0 Å². The average molecular weight is 291 g/mol. The van der Waals surface area contributed by atoms with Crippen LogP contribution in [0, 0.1) is 6.92 Å². The van der Waals surface area contributed by atoms with E-state index in [1.165, 1.54) is 10.4 Å². The molecule has 2 aromatic rings. The van der Waals surface area contributed by atoms with Gasteiger partial charge in [-0.1, -0.05) is 81.4 Å². The van der Waals surface area contributed by atoms with Gasteiger partial charge in [0.2, 0.25) is 0 Å². The van der Waals surface area contributed by atoms with E-state index < -0.39 is 8.32 Å². The van der Waals surface area contributed by atoms with E-state index in [9.17, 15) is 0 Å². The van der Waals surface area contributed by atoms with E-state index in [4.69, 9.17) is 4.43 Å². The molecule has 0 N–H and O–H groups in total. The van der Waals surface area contributed by atoms with Gasteiger partial charge in [0.25, 0.3) is 8.32 Å². The molecule has 0 spiro atoms. The van der Waals surface area contributed by atoms with Crippen LogP contribution in [0.4, 0.5) is 0 Å². The quantitative estimate of drug-likeness (QED) is 0.787. The SMILES string of the molecule is [CH2]CO[Si](c1ccccc1)(c1ccccc1)C(C)(C)C.[LiH]. The van der Waals surface area contributed by atoms with Crippen LogP contribution in [0.15, 0.2) is 60.7 Å². The molecule has 0 saturated carbocycles. The molecule has 21 heavy (non-hydrogen) atoms. The van der Waals surface area contributed by atoms with Crippen molar-refractivity contribution in [2.75, 3.05) is 6.61 Å². The Morgan fingerprint density at radius 2 is 1.24 bits per heavy atom. The maximum absolute atomic E-state index is 6.39. The Bertz CT molecular complexity index is 495. The first-order chi connectivity index (χ1) is 9.52. The standard InChI is InChI=1S/C18H23OSi.Li.H/c1-5-19-20(18(2,3)4,16-12-8-6-9-13-16)17-14-10-7-11-15-17;;/h6-15H,1,5H2,2-4H3;;. The molecule has 107 valence electrons. The molecule has 0 heterocycles. The third kappa shape index (κ3) is 3.52. The van der Waals surface area contributed by atoms with Gasteiger partial charge in [0.1, 0.15) is 0 Å². The topological polar surface area (TPSA) is 9.23 Å². The van der Waals surface area contributed by atoms with Crippen molar-refractivity contribution in [1.82, 2.24) is 0 Å². The number of rotatable bonds is 4. The van der Waals surface area contributed by atoms with Crippen molar-refractivity contribution in [1.29, 1.82) is 0 Å². The first-order valence-corrected chi connectivity index (χ1v) is 8.97. The molecule has 0 saturated heterocycles. The summed E-state index contributed by atoms with van der Waals surface area (Å²) in [4.78, 5) is 0. The Balaban J connectivity index is 0.00000220. The van der Waals surface area contributed by atoms with Crippen LogP contribution in [-0.2, 0) is 4.43 Å². The molecule has 1 nitrogen and oxygen atoms in total. The number of hydrogen-bond donors (Lipinski definition) is 0. The van der Waals surface area contributed by atoms with Gasteiger partial charge in [0.15, 0.2) is 0 Å². The Kier molecular flexibility index (Phi) is 6.50. The van der Waals surface area contributed by atoms with Gasteiger partial charge in [-0.25, -0.2) is 0 Å². The van der Waals surface area contributed by atoms with Gasteiger partial charge < -0.3 is 4.43 Å². The minimum absolute atomic E-state index is 0. The summed E-state index contributed by atoms with van der Waals surface area (Å²) >= 11 is 0. The molecule has 1 radical (unpaired) electrons. The molecule has 0 bridgehead atoms. The van der Waals surface area contributed by atoms with E-state index in [2.05, 4.69) is 88.4 Å². The molecule has 0 aliphatic heterocycles. The third-order valence-corrected chi connectivity index (χ3v) is 8.78. The summed E-state index contributed by atoms with van der Waals surface area (Å²) in [6.07, 6.45) is 0. The molecule has 0 aliphatic carbocycles. The maximum atomic E-state index is 6.39. The van der Waals surface area contributed by atoms with Crippen molar-refractivity contribution in [3.63, 3.8) is 0 Å². The van der Waals surface area contributed by atoms with E-state index in [0.29, 0.717) is 6.61 Å². The van der Waals surface area contributed by atoms with Crippen molar-refractivity contribution in [2.24, 2.45) is 0 Å². The fourth-order valence-corrected chi connectivity index (χ4v) is 7.38. The summed E-state index contributed by atoms with van der Waals surface area (Å²) < 4.78 is 6.39. The minimum atomic E-state index is -2.31. The Labute approximate surface area is 142 Å². The molecule has 0 unspecified atom stereocenters. The molecule has 0 fully saturated rings. The van der Waals surface area contributed by atoms with Gasteiger partial charge in [0.05, 0.1) is 0 Å². The molecule has 2 rings (SSSR count). The predicted molar refractivity (Wildman–Crippen MR) is 96.1 cm³/mol. The molecule has 0 atom stereocenters.